The number of carbonyl (C=O) groups is 1. The van der Waals surface area contributed by atoms with E-state index in [2.05, 4.69) is 26.1 Å². The monoisotopic (exact) mass is 357 g/mol. The summed E-state index contributed by atoms with van der Waals surface area (Å²) in [6, 6.07) is 6.01. The van der Waals surface area contributed by atoms with E-state index in [9.17, 15) is 4.79 Å². The average molecular weight is 358 g/mol. The molecule has 3 aliphatic rings. The number of amides is 1. The summed E-state index contributed by atoms with van der Waals surface area (Å²) in [4.78, 5) is 13.4. The van der Waals surface area contributed by atoms with Gasteiger partial charge < -0.3 is 10.2 Å². The predicted octanol–water partition coefficient (Wildman–Crippen LogP) is 2.25. The van der Waals surface area contributed by atoms with Gasteiger partial charge in [0.25, 0.3) is 0 Å². The molecule has 0 atom stereocenters. The molecule has 1 spiro atoms. The number of hydrogen-bond donors (Lipinski definition) is 1. The largest absolute Gasteiger partial charge is 0.342 e. The van der Waals surface area contributed by atoms with Crippen LogP contribution in [0.3, 0.4) is 0 Å². The van der Waals surface area contributed by atoms with Gasteiger partial charge in [0.15, 0.2) is 5.82 Å². The summed E-state index contributed by atoms with van der Waals surface area (Å²) in [5.74, 6) is 2.60. The van der Waals surface area contributed by atoms with Gasteiger partial charge in [0.2, 0.25) is 5.91 Å². The Morgan fingerprint density at radius 2 is 2.08 bits per heavy atom. The van der Waals surface area contributed by atoms with Gasteiger partial charge in [-0.1, -0.05) is 11.6 Å². The first-order chi connectivity index (χ1) is 12.0. The number of halogens is 1. The molecule has 130 valence electrons. The van der Waals surface area contributed by atoms with Crippen LogP contribution in [-0.4, -0.2) is 38.7 Å². The van der Waals surface area contributed by atoms with Crippen molar-refractivity contribution in [2.24, 2.45) is 5.41 Å². The molecule has 3 heterocycles. The fourth-order valence-electron chi connectivity index (χ4n) is 4.61. The highest BCUT2D eigenvalue weighted by atomic mass is 35.5. The van der Waals surface area contributed by atoms with E-state index in [1.807, 2.05) is 17.0 Å². The Morgan fingerprint density at radius 1 is 1.28 bits per heavy atom. The number of aromatic nitrogens is 3. The van der Waals surface area contributed by atoms with Gasteiger partial charge in [0, 0.05) is 42.9 Å². The van der Waals surface area contributed by atoms with Crippen LogP contribution in [0.4, 0.5) is 0 Å². The lowest BCUT2D eigenvalue weighted by molar-refractivity contribution is -0.149. The van der Waals surface area contributed by atoms with E-state index in [-0.39, 0.29) is 5.91 Å². The zero-order valence-electron chi connectivity index (χ0n) is 14.1. The quantitative estimate of drug-likeness (QED) is 0.850. The Morgan fingerprint density at radius 3 is 2.84 bits per heavy atom. The van der Waals surface area contributed by atoms with Crippen LogP contribution in [-0.2, 0) is 17.9 Å². The molecule has 0 bridgehead atoms. The van der Waals surface area contributed by atoms with Crippen LogP contribution in [0, 0.1) is 5.41 Å². The van der Waals surface area contributed by atoms with Gasteiger partial charge in [-0.3, -0.25) is 9.36 Å². The van der Waals surface area contributed by atoms with Gasteiger partial charge in [-0.2, -0.15) is 0 Å². The highest BCUT2D eigenvalue weighted by molar-refractivity contribution is 6.30. The standard InChI is InChI=1S/C18H20ClN5O/c1-11(25)23-9-18(10-23)5-13(6-18)17-22-21-16-8-20-7-12-4-14(19)2-3-15(12)24(16)17/h2-4,13,20H,5-10H2,1H3. The molecule has 1 aromatic heterocycles. The van der Waals surface area contributed by atoms with Crippen molar-refractivity contribution in [1.82, 2.24) is 25.0 Å². The summed E-state index contributed by atoms with van der Waals surface area (Å²) in [5.41, 5.74) is 2.62. The molecule has 1 aliphatic carbocycles. The van der Waals surface area contributed by atoms with E-state index in [0.29, 0.717) is 17.9 Å². The van der Waals surface area contributed by atoms with Gasteiger partial charge >= 0.3 is 0 Å². The summed E-state index contributed by atoms with van der Waals surface area (Å²) in [7, 11) is 0. The number of fused-ring (bicyclic) bond motifs is 3. The normalized spacial score (nSPS) is 21.1. The van der Waals surface area contributed by atoms with Gasteiger partial charge in [-0.05, 0) is 36.6 Å². The third-order valence-electron chi connectivity index (χ3n) is 5.86. The molecule has 1 aromatic carbocycles. The van der Waals surface area contributed by atoms with E-state index in [1.54, 1.807) is 6.92 Å². The molecular weight excluding hydrogens is 338 g/mol. The zero-order chi connectivity index (χ0) is 17.2. The molecule has 1 saturated heterocycles. The Hall–Kier alpha value is -1.92. The molecule has 6 nitrogen and oxygen atoms in total. The number of nitrogens with zero attached hydrogens (tertiary/aromatic N) is 4. The van der Waals surface area contributed by atoms with Crippen molar-refractivity contribution in [3.8, 4) is 5.69 Å². The van der Waals surface area contributed by atoms with Crippen LogP contribution in [0.5, 0.6) is 0 Å². The lowest BCUT2D eigenvalue weighted by atomic mass is 9.57. The summed E-state index contributed by atoms with van der Waals surface area (Å²) in [6.45, 7) is 4.92. The second kappa shape index (κ2) is 5.29. The van der Waals surface area contributed by atoms with Gasteiger partial charge in [-0.15, -0.1) is 10.2 Å². The van der Waals surface area contributed by atoms with Crippen LogP contribution < -0.4 is 5.32 Å². The summed E-state index contributed by atoms with van der Waals surface area (Å²) in [5, 5.41) is 13.1. The minimum Gasteiger partial charge on any atom is -0.342 e. The number of hydrogen-bond acceptors (Lipinski definition) is 4. The molecule has 2 aromatic rings. The maximum Gasteiger partial charge on any atom is 0.219 e. The Balaban J connectivity index is 1.44. The predicted molar refractivity (Wildman–Crippen MR) is 93.6 cm³/mol. The lowest BCUT2D eigenvalue weighted by Gasteiger charge is -2.58. The average Bonchev–Trinajstić information content (AvgIpc) is 2.80. The van der Waals surface area contributed by atoms with E-state index in [4.69, 9.17) is 11.6 Å². The highest BCUT2D eigenvalue weighted by Gasteiger charge is 2.54. The number of rotatable bonds is 1. The van der Waals surface area contributed by atoms with Crippen LogP contribution in [0.15, 0.2) is 18.2 Å². The first-order valence-corrected chi connectivity index (χ1v) is 9.12. The molecule has 25 heavy (non-hydrogen) atoms. The third-order valence-corrected chi connectivity index (χ3v) is 6.09. The molecule has 1 N–H and O–H groups in total. The molecule has 1 saturated carbocycles. The maximum absolute atomic E-state index is 11.4. The van der Waals surface area contributed by atoms with E-state index >= 15 is 0 Å². The summed E-state index contributed by atoms with van der Waals surface area (Å²) >= 11 is 6.17. The molecule has 5 rings (SSSR count). The minimum atomic E-state index is 0.183. The first-order valence-electron chi connectivity index (χ1n) is 8.74. The summed E-state index contributed by atoms with van der Waals surface area (Å²) in [6.07, 6.45) is 2.18. The van der Waals surface area contributed by atoms with E-state index in [0.717, 1.165) is 54.8 Å². The second-order valence-corrected chi connectivity index (χ2v) is 8.10. The first kappa shape index (κ1) is 15.3. The smallest absolute Gasteiger partial charge is 0.219 e. The Bertz CT molecular complexity index is 862. The van der Waals surface area contributed by atoms with Crippen LogP contribution in [0.2, 0.25) is 5.02 Å². The van der Waals surface area contributed by atoms with Gasteiger partial charge in [-0.25, -0.2) is 0 Å². The molecular formula is C18H20ClN5O. The molecule has 0 radical (unpaired) electrons. The highest BCUT2D eigenvalue weighted by Crippen LogP contribution is 2.56. The van der Waals surface area contributed by atoms with Crippen molar-refractivity contribution in [3.63, 3.8) is 0 Å². The SMILES string of the molecule is CC(=O)N1CC2(CC(c3nnc4n3-c3ccc(Cl)cc3CNC4)C2)C1. The third kappa shape index (κ3) is 2.31. The molecule has 0 unspecified atom stereocenters. The van der Waals surface area contributed by atoms with Crippen molar-refractivity contribution < 1.29 is 4.79 Å². The molecule has 1 amide bonds. The Labute approximate surface area is 151 Å². The van der Waals surface area contributed by atoms with Crippen LogP contribution in [0.1, 0.15) is 42.9 Å². The van der Waals surface area contributed by atoms with Crippen molar-refractivity contribution >= 4 is 17.5 Å². The van der Waals surface area contributed by atoms with Gasteiger partial charge in [0.05, 0.1) is 12.2 Å². The van der Waals surface area contributed by atoms with Crippen molar-refractivity contribution in [2.45, 2.75) is 38.8 Å². The van der Waals surface area contributed by atoms with Crippen molar-refractivity contribution in [2.75, 3.05) is 13.1 Å². The van der Waals surface area contributed by atoms with Crippen molar-refractivity contribution in [3.05, 3.63) is 40.4 Å². The van der Waals surface area contributed by atoms with E-state index < -0.39 is 0 Å². The van der Waals surface area contributed by atoms with Crippen LogP contribution in [0.25, 0.3) is 5.69 Å². The number of likely N-dealkylation sites (tertiary alicyclic amines) is 1. The second-order valence-electron chi connectivity index (χ2n) is 7.67. The maximum atomic E-state index is 11.4. The molecule has 2 aliphatic heterocycles. The fraction of sp³-hybridized carbons (Fsp3) is 0.500. The summed E-state index contributed by atoms with van der Waals surface area (Å²) < 4.78 is 2.21. The number of carbonyl (C=O) groups excluding carboxylic acids is 1. The zero-order valence-corrected chi connectivity index (χ0v) is 14.9. The Kier molecular flexibility index (Phi) is 3.24. The molecule has 2 fully saturated rings. The van der Waals surface area contributed by atoms with Crippen molar-refractivity contribution in [1.29, 1.82) is 0 Å². The van der Waals surface area contributed by atoms with E-state index in [1.165, 1.54) is 5.56 Å². The number of nitrogens with one attached hydrogen (secondary N) is 1. The number of benzene rings is 1. The van der Waals surface area contributed by atoms with Crippen LogP contribution >= 0.6 is 11.6 Å². The lowest BCUT2D eigenvalue weighted by Crippen LogP contribution is -2.62. The topological polar surface area (TPSA) is 63.1 Å². The fourth-order valence-corrected chi connectivity index (χ4v) is 4.80. The van der Waals surface area contributed by atoms with Gasteiger partial charge in [0.1, 0.15) is 5.82 Å². The molecule has 7 heteroatoms. The minimum absolute atomic E-state index is 0.183.